The summed E-state index contributed by atoms with van der Waals surface area (Å²) < 4.78 is 11.1. The molecule has 0 unspecified atom stereocenters. The van der Waals surface area contributed by atoms with Gasteiger partial charge in [0, 0.05) is 17.1 Å². The van der Waals surface area contributed by atoms with Crippen LogP contribution in [0.4, 0.5) is 5.69 Å². The molecule has 0 radical (unpaired) electrons. The molecule has 0 fully saturated rings. The fraction of sp³-hybridized carbons (Fsp3) is 0.208. The van der Waals surface area contributed by atoms with Crippen molar-refractivity contribution in [3.05, 3.63) is 76.3 Å². The Morgan fingerprint density at radius 1 is 1.09 bits per heavy atom. The Kier molecular flexibility index (Phi) is 8.39. The standard InChI is InChI=1S/C24H25N3O4S/c1-3-30-21-10-8-19(9-11-21)27-24(29)14-25-23(28)12-7-18-5-4-6-22(13-18)31-15-20-16-32-17(2)26-20/h4-13,16H,3,14-15H2,1-2H3,(H,25,28)(H,27,29)/b12-7+. The number of carbonyl (C=O) groups excluding carboxylic acids is 2. The molecule has 8 heteroatoms. The van der Waals surface area contributed by atoms with Crippen molar-refractivity contribution in [1.29, 1.82) is 0 Å². The maximum Gasteiger partial charge on any atom is 0.244 e. The van der Waals surface area contributed by atoms with Crippen molar-refractivity contribution in [3.8, 4) is 11.5 Å². The number of nitrogens with one attached hydrogen (secondary N) is 2. The Balaban J connectivity index is 1.43. The minimum Gasteiger partial charge on any atom is -0.494 e. The molecule has 0 aliphatic carbocycles. The molecule has 1 aromatic heterocycles. The average Bonchev–Trinajstić information content (AvgIpc) is 3.22. The lowest BCUT2D eigenvalue weighted by Gasteiger charge is -2.07. The Hall–Kier alpha value is -3.65. The first kappa shape index (κ1) is 23.0. The van der Waals surface area contributed by atoms with Crippen LogP contribution >= 0.6 is 11.3 Å². The van der Waals surface area contributed by atoms with E-state index < -0.39 is 0 Å². The number of amides is 2. The zero-order valence-electron chi connectivity index (χ0n) is 18.0. The van der Waals surface area contributed by atoms with Crippen LogP contribution in [0, 0.1) is 6.92 Å². The van der Waals surface area contributed by atoms with Gasteiger partial charge in [-0.1, -0.05) is 12.1 Å². The number of hydrogen-bond acceptors (Lipinski definition) is 6. The van der Waals surface area contributed by atoms with Gasteiger partial charge in [-0.3, -0.25) is 9.59 Å². The molecule has 2 aromatic carbocycles. The quantitative estimate of drug-likeness (QED) is 0.451. The monoisotopic (exact) mass is 451 g/mol. The number of benzene rings is 2. The summed E-state index contributed by atoms with van der Waals surface area (Å²) in [6.07, 6.45) is 3.05. The predicted octanol–water partition coefficient (Wildman–Crippen LogP) is 4.20. The SMILES string of the molecule is CCOc1ccc(NC(=O)CNC(=O)/C=C/c2cccc(OCc3csc(C)n3)c2)cc1. The number of hydrogen-bond donors (Lipinski definition) is 2. The van der Waals surface area contributed by atoms with E-state index in [0.29, 0.717) is 24.7 Å². The first-order valence-corrected chi connectivity index (χ1v) is 11.0. The van der Waals surface area contributed by atoms with Gasteiger partial charge in [-0.15, -0.1) is 11.3 Å². The van der Waals surface area contributed by atoms with E-state index >= 15 is 0 Å². The topological polar surface area (TPSA) is 89.6 Å². The van der Waals surface area contributed by atoms with Crippen molar-refractivity contribution in [2.45, 2.75) is 20.5 Å². The lowest BCUT2D eigenvalue weighted by molar-refractivity contribution is -0.121. The van der Waals surface area contributed by atoms with Gasteiger partial charge in [0.1, 0.15) is 18.1 Å². The molecule has 2 amide bonds. The van der Waals surface area contributed by atoms with E-state index in [-0.39, 0.29) is 18.4 Å². The minimum absolute atomic E-state index is 0.132. The highest BCUT2D eigenvalue weighted by atomic mass is 32.1. The molecule has 3 aromatic rings. The third-order valence-electron chi connectivity index (χ3n) is 4.21. The van der Waals surface area contributed by atoms with E-state index in [2.05, 4.69) is 15.6 Å². The van der Waals surface area contributed by atoms with Crippen LogP contribution in [-0.2, 0) is 16.2 Å². The molecular formula is C24H25N3O4S. The van der Waals surface area contributed by atoms with Crippen molar-refractivity contribution >= 4 is 34.9 Å². The van der Waals surface area contributed by atoms with Crippen LogP contribution in [0.15, 0.2) is 60.0 Å². The Morgan fingerprint density at radius 2 is 1.91 bits per heavy atom. The molecule has 2 N–H and O–H groups in total. The molecule has 32 heavy (non-hydrogen) atoms. The molecule has 0 spiro atoms. The molecule has 0 atom stereocenters. The number of nitrogens with zero attached hydrogens (tertiary/aromatic N) is 1. The number of ether oxygens (including phenoxy) is 2. The van der Waals surface area contributed by atoms with E-state index in [1.54, 1.807) is 41.7 Å². The van der Waals surface area contributed by atoms with Gasteiger partial charge in [-0.05, 0) is 61.9 Å². The highest BCUT2D eigenvalue weighted by Gasteiger charge is 2.05. The summed E-state index contributed by atoms with van der Waals surface area (Å²) in [5.74, 6) is 0.740. The maximum absolute atomic E-state index is 12.1. The lowest BCUT2D eigenvalue weighted by atomic mass is 10.2. The third kappa shape index (κ3) is 7.55. The van der Waals surface area contributed by atoms with E-state index in [1.165, 1.54) is 6.08 Å². The van der Waals surface area contributed by atoms with Crippen LogP contribution in [0.25, 0.3) is 6.08 Å². The van der Waals surface area contributed by atoms with Crippen molar-refractivity contribution in [3.63, 3.8) is 0 Å². The van der Waals surface area contributed by atoms with Crippen molar-refractivity contribution in [1.82, 2.24) is 10.3 Å². The van der Waals surface area contributed by atoms with Crippen molar-refractivity contribution in [2.75, 3.05) is 18.5 Å². The van der Waals surface area contributed by atoms with E-state index in [0.717, 1.165) is 22.0 Å². The van der Waals surface area contributed by atoms with Crippen LogP contribution in [0.5, 0.6) is 11.5 Å². The summed E-state index contributed by atoms with van der Waals surface area (Å²) in [4.78, 5) is 28.5. The van der Waals surface area contributed by atoms with Crippen LogP contribution in [0.3, 0.4) is 0 Å². The molecule has 1 heterocycles. The number of rotatable bonds is 10. The van der Waals surface area contributed by atoms with E-state index in [4.69, 9.17) is 9.47 Å². The average molecular weight is 452 g/mol. The van der Waals surface area contributed by atoms with Gasteiger partial charge in [0.15, 0.2) is 0 Å². The number of aromatic nitrogens is 1. The molecule has 0 saturated carbocycles. The van der Waals surface area contributed by atoms with Crippen molar-refractivity contribution < 1.29 is 19.1 Å². The summed E-state index contributed by atoms with van der Waals surface area (Å²) in [6.45, 7) is 4.69. The van der Waals surface area contributed by atoms with Crippen LogP contribution in [-0.4, -0.2) is 29.9 Å². The first-order valence-electron chi connectivity index (χ1n) is 10.1. The van der Waals surface area contributed by atoms with Crippen LogP contribution in [0.1, 0.15) is 23.2 Å². The van der Waals surface area contributed by atoms with Crippen LogP contribution in [0.2, 0.25) is 0 Å². The summed E-state index contributed by atoms with van der Waals surface area (Å²) in [5.41, 5.74) is 2.33. The second-order valence-corrected chi connectivity index (χ2v) is 7.84. The predicted molar refractivity (Wildman–Crippen MR) is 126 cm³/mol. The highest BCUT2D eigenvalue weighted by Crippen LogP contribution is 2.17. The Morgan fingerprint density at radius 3 is 2.62 bits per heavy atom. The van der Waals surface area contributed by atoms with Gasteiger partial charge in [-0.25, -0.2) is 4.98 Å². The third-order valence-corrected chi connectivity index (χ3v) is 5.03. The zero-order valence-corrected chi connectivity index (χ0v) is 18.8. The maximum atomic E-state index is 12.1. The number of thiazole rings is 1. The van der Waals surface area contributed by atoms with Crippen molar-refractivity contribution in [2.24, 2.45) is 0 Å². The van der Waals surface area contributed by atoms with E-state index in [1.807, 2.05) is 43.5 Å². The fourth-order valence-electron chi connectivity index (χ4n) is 2.74. The minimum atomic E-state index is -0.365. The van der Waals surface area contributed by atoms with Gasteiger partial charge in [-0.2, -0.15) is 0 Å². The Bertz CT molecular complexity index is 1080. The summed E-state index contributed by atoms with van der Waals surface area (Å²) >= 11 is 1.58. The first-order chi connectivity index (χ1) is 15.5. The van der Waals surface area contributed by atoms with Gasteiger partial charge < -0.3 is 20.1 Å². The fourth-order valence-corrected chi connectivity index (χ4v) is 3.34. The molecular weight excluding hydrogens is 426 g/mol. The van der Waals surface area contributed by atoms with Gasteiger partial charge in [0.2, 0.25) is 11.8 Å². The largest absolute Gasteiger partial charge is 0.494 e. The van der Waals surface area contributed by atoms with Gasteiger partial charge in [0.25, 0.3) is 0 Å². The molecule has 0 aliphatic heterocycles. The second kappa shape index (κ2) is 11.7. The Labute approximate surface area is 191 Å². The zero-order chi connectivity index (χ0) is 22.8. The van der Waals surface area contributed by atoms with E-state index in [9.17, 15) is 9.59 Å². The number of anilines is 1. The summed E-state index contributed by atoms with van der Waals surface area (Å²) in [7, 11) is 0. The number of carbonyl (C=O) groups is 2. The van der Waals surface area contributed by atoms with Gasteiger partial charge in [0.05, 0.1) is 23.9 Å². The molecule has 166 valence electrons. The second-order valence-electron chi connectivity index (χ2n) is 6.78. The highest BCUT2D eigenvalue weighted by molar-refractivity contribution is 7.09. The summed E-state index contributed by atoms with van der Waals surface area (Å²) in [5, 5.41) is 8.26. The molecule has 0 saturated heterocycles. The van der Waals surface area contributed by atoms with Gasteiger partial charge >= 0.3 is 0 Å². The molecule has 0 aliphatic rings. The lowest BCUT2D eigenvalue weighted by Crippen LogP contribution is -2.31. The molecule has 0 bridgehead atoms. The molecule has 7 nitrogen and oxygen atoms in total. The van der Waals surface area contributed by atoms with Crippen LogP contribution < -0.4 is 20.1 Å². The molecule has 3 rings (SSSR count). The summed E-state index contributed by atoms with van der Waals surface area (Å²) in [6, 6.07) is 14.4. The number of aryl methyl sites for hydroxylation is 1. The smallest absolute Gasteiger partial charge is 0.244 e. The normalized spacial score (nSPS) is 10.7.